The quantitative estimate of drug-likeness (QED) is 0.410. The van der Waals surface area contributed by atoms with Crippen molar-refractivity contribution in [2.45, 2.75) is 137 Å². The van der Waals surface area contributed by atoms with Gasteiger partial charge in [-0.2, -0.15) is 0 Å². The molecule has 3 saturated carbocycles. The van der Waals surface area contributed by atoms with Crippen molar-refractivity contribution in [1.82, 2.24) is 0 Å². The van der Waals surface area contributed by atoms with Crippen molar-refractivity contribution in [1.29, 1.82) is 0 Å². The summed E-state index contributed by atoms with van der Waals surface area (Å²) in [5.74, 6) is 0.831. The standard InChI is InChI=1S/C32H50O5/c1-8-20(33)17-26(34)37-25-18-24-30(5)15-10-14-29(4,9-2)22(30)13-16-31(24,6)23-12-11-21-19(3)36-28(35)27(21)32(23,25)7/h19-20,22-25,33H,8-18H2,1-7H3/t19-,20-,22-,23-,24+,25-,29-,30-,31-,32+/m0/s1. The van der Waals surface area contributed by atoms with Gasteiger partial charge in [0.2, 0.25) is 0 Å². The van der Waals surface area contributed by atoms with Crippen LogP contribution in [0, 0.1) is 39.4 Å². The van der Waals surface area contributed by atoms with Gasteiger partial charge in [-0.15, -0.1) is 0 Å². The van der Waals surface area contributed by atoms with Gasteiger partial charge in [-0.25, -0.2) is 4.79 Å². The second kappa shape index (κ2) is 9.10. The van der Waals surface area contributed by atoms with Crippen LogP contribution >= 0.6 is 0 Å². The molecule has 10 atom stereocenters. The molecule has 0 unspecified atom stereocenters. The molecule has 5 heteroatoms. The molecule has 37 heavy (non-hydrogen) atoms. The van der Waals surface area contributed by atoms with E-state index in [-0.39, 0.29) is 47.3 Å². The second-order valence-electron chi connectivity index (χ2n) is 14.3. The van der Waals surface area contributed by atoms with Crippen LogP contribution in [0.1, 0.15) is 119 Å². The van der Waals surface area contributed by atoms with Crippen molar-refractivity contribution in [3.63, 3.8) is 0 Å². The lowest BCUT2D eigenvalue weighted by molar-refractivity contribution is -0.228. The zero-order chi connectivity index (χ0) is 27.0. The number of esters is 2. The number of hydrogen-bond donors (Lipinski definition) is 1. The molecule has 4 aliphatic carbocycles. The van der Waals surface area contributed by atoms with Gasteiger partial charge in [0.05, 0.1) is 12.5 Å². The van der Waals surface area contributed by atoms with Gasteiger partial charge in [-0.05, 0) is 97.9 Å². The fourth-order valence-corrected chi connectivity index (χ4v) is 10.7. The first-order chi connectivity index (χ1) is 17.3. The Morgan fingerprint density at radius 1 is 1.05 bits per heavy atom. The summed E-state index contributed by atoms with van der Waals surface area (Å²) in [7, 11) is 0. The van der Waals surface area contributed by atoms with E-state index in [1.165, 1.54) is 38.5 Å². The molecule has 5 rings (SSSR count). The average Bonchev–Trinajstić information content (AvgIpc) is 3.14. The third kappa shape index (κ3) is 3.79. The third-order valence-electron chi connectivity index (χ3n) is 12.8. The highest BCUT2D eigenvalue weighted by atomic mass is 16.6. The summed E-state index contributed by atoms with van der Waals surface area (Å²) < 4.78 is 12.2. The van der Waals surface area contributed by atoms with Gasteiger partial charge in [0.25, 0.3) is 0 Å². The summed E-state index contributed by atoms with van der Waals surface area (Å²) in [6.45, 7) is 16.0. The Morgan fingerprint density at radius 3 is 2.43 bits per heavy atom. The molecule has 208 valence electrons. The second-order valence-corrected chi connectivity index (χ2v) is 14.3. The van der Waals surface area contributed by atoms with Gasteiger partial charge in [-0.3, -0.25) is 4.79 Å². The van der Waals surface area contributed by atoms with E-state index in [2.05, 4.69) is 34.6 Å². The number of carbonyl (C=O) groups excluding carboxylic acids is 2. The third-order valence-corrected chi connectivity index (χ3v) is 12.8. The fourth-order valence-electron chi connectivity index (χ4n) is 10.7. The van der Waals surface area contributed by atoms with Crippen LogP contribution in [0.5, 0.6) is 0 Å². The van der Waals surface area contributed by atoms with E-state index in [9.17, 15) is 14.7 Å². The Balaban J connectivity index is 1.60. The molecule has 0 spiro atoms. The molecule has 5 aliphatic rings. The number of aliphatic hydroxyl groups is 1. The highest BCUT2D eigenvalue weighted by molar-refractivity contribution is 5.94. The van der Waals surface area contributed by atoms with Crippen molar-refractivity contribution in [2.75, 3.05) is 0 Å². The van der Waals surface area contributed by atoms with Crippen LogP contribution in [0.15, 0.2) is 11.1 Å². The maximum Gasteiger partial charge on any atom is 0.335 e. The Labute approximate surface area is 224 Å². The van der Waals surface area contributed by atoms with Gasteiger partial charge in [-0.1, -0.05) is 54.4 Å². The highest BCUT2D eigenvalue weighted by Crippen LogP contribution is 2.74. The lowest BCUT2D eigenvalue weighted by Gasteiger charge is -2.70. The van der Waals surface area contributed by atoms with Crippen LogP contribution in [0.3, 0.4) is 0 Å². The molecule has 0 aromatic rings. The summed E-state index contributed by atoms with van der Waals surface area (Å²) in [4.78, 5) is 26.5. The summed E-state index contributed by atoms with van der Waals surface area (Å²) >= 11 is 0. The van der Waals surface area contributed by atoms with Gasteiger partial charge in [0.1, 0.15) is 12.2 Å². The van der Waals surface area contributed by atoms with Crippen LogP contribution in [0.4, 0.5) is 0 Å². The van der Waals surface area contributed by atoms with Crippen LogP contribution in [0.25, 0.3) is 0 Å². The van der Waals surface area contributed by atoms with Crippen molar-refractivity contribution in [2.24, 2.45) is 39.4 Å². The number of rotatable bonds is 5. The van der Waals surface area contributed by atoms with E-state index >= 15 is 0 Å². The molecule has 0 aromatic carbocycles. The number of fused-ring (bicyclic) bond motifs is 6. The molecule has 3 fully saturated rings. The van der Waals surface area contributed by atoms with Crippen molar-refractivity contribution in [3.8, 4) is 0 Å². The molecule has 0 saturated heterocycles. The summed E-state index contributed by atoms with van der Waals surface area (Å²) in [5.41, 5.74) is 2.01. The van der Waals surface area contributed by atoms with E-state index in [0.29, 0.717) is 23.7 Å². The summed E-state index contributed by atoms with van der Waals surface area (Å²) in [5, 5.41) is 10.2. The number of aliphatic hydroxyl groups excluding tert-OH is 1. The first-order valence-corrected chi connectivity index (χ1v) is 15.2. The lowest BCUT2D eigenvalue weighted by Crippen LogP contribution is -2.66. The molecule has 1 N–H and O–H groups in total. The van der Waals surface area contributed by atoms with E-state index < -0.39 is 11.5 Å². The number of carbonyl (C=O) groups is 2. The predicted octanol–water partition coefficient (Wildman–Crippen LogP) is 6.76. The minimum Gasteiger partial charge on any atom is -0.461 e. The van der Waals surface area contributed by atoms with Crippen LogP contribution in [-0.2, 0) is 19.1 Å². The smallest absolute Gasteiger partial charge is 0.335 e. The SMILES string of the molecule is CC[C@H](O)CC(=O)O[C@H]1C[C@@H]2[C@@]3(C)CCC[C@](C)(CC)[C@@H]3CC[C@@]2(C)[C@@H]2CCC3=C(C(=O)O[C@H]3C)[C@@]12C. The van der Waals surface area contributed by atoms with Gasteiger partial charge < -0.3 is 14.6 Å². The largest absolute Gasteiger partial charge is 0.461 e. The normalized spacial score (nSPS) is 47.8. The topological polar surface area (TPSA) is 72.8 Å². The molecular weight excluding hydrogens is 464 g/mol. The van der Waals surface area contributed by atoms with E-state index in [1.54, 1.807) is 0 Å². The maximum atomic E-state index is 13.4. The van der Waals surface area contributed by atoms with E-state index in [0.717, 1.165) is 30.4 Å². The Hall–Kier alpha value is -1.36. The Morgan fingerprint density at radius 2 is 1.76 bits per heavy atom. The van der Waals surface area contributed by atoms with E-state index in [1.807, 2.05) is 13.8 Å². The van der Waals surface area contributed by atoms with Crippen molar-refractivity contribution in [3.05, 3.63) is 11.1 Å². The molecular formula is C32H50O5. The molecule has 0 aromatic heterocycles. The lowest BCUT2D eigenvalue weighted by atomic mass is 9.35. The number of cyclic esters (lactones) is 1. The minimum atomic E-state index is -0.692. The molecule has 5 nitrogen and oxygen atoms in total. The van der Waals surface area contributed by atoms with Gasteiger partial charge in [0, 0.05) is 11.0 Å². The minimum absolute atomic E-state index is 0.0102. The zero-order valence-electron chi connectivity index (χ0n) is 24.3. The number of ether oxygens (including phenoxy) is 2. The van der Waals surface area contributed by atoms with Crippen molar-refractivity contribution >= 4 is 11.9 Å². The average molecular weight is 515 g/mol. The Bertz CT molecular complexity index is 986. The predicted molar refractivity (Wildman–Crippen MR) is 143 cm³/mol. The van der Waals surface area contributed by atoms with E-state index in [4.69, 9.17) is 9.47 Å². The summed E-state index contributed by atoms with van der Waals surface area (Å²) in [6, 6.07) is 0. The first-order valence-electron chi connectivity index (χ1n) is 15.2. The zero-order valence-corrected chi connectivity index (χ0v) is 24.3. The van der Waals surface area contributed by atoms with Gasteiger partial charge >= 0.3 is 11.9 Å². The Kier molecular flexibility index (Phi) is 6.69. The van der Waals surface area contributed by atoms with Crippen LogP contribution in [-0.4, -0.2) is 35.4 Å². The van der Waals surface area contributed by atoms with Crippen LogP contribution in [0.2, 0.25) is 0 Å². The highest BCUT2D eigenvalue weighted by Gasteiger charge is 2.70. The number of hydrogen-bond acceptors (Lipinski definition) is 5. The first kappa shape index (κ1) is 27.2. The van der Waals surface area contributed by atoms with Gasteiger partial charge in [0.15, 0.2) is 0 Å². The molecule has 0 amide bonds. The monoisotopic (exact) mass is 514 g/mol. The molecule has 1 aliphatic heterocycles. The van der Waals surface area contributed by atoms with Crippen LogP contribution < -0.4 is 0 Å². The molecule has 0 radical (unpaired) electrons. The fraction of sp³-hybridized carbons (Fsp3) is 0.875. The maximum absolute atomic E-state index is 13.4. The summed E-state index contributed by atoms with van der Waals surface area (Å²) in [6.07, 6.45) is 9.42. The van der Waals surface area contributed by atoms with Crippen molar-refractivity contribution < 1.29 is 24.2 Å². The molecule has 0 bridgehead atoms. The molecule has 1 heterocycles.